The van der Waals surface area contributed by atoms with Gasteiger partial charge in [0.2, 0.25) is 0 Å². The van der Waals surface area contributed by atoms with Gasteiger partial charge in [-0.15, -0.1) is 0 Å². The maximum atomic E-state index is 2.40. The molecule has 47 heavy (non-hydrogen) atoms. The van der Waals surface area contributed by atoms with E-state index >= 15 is 0 Å². The van der Waals surface area contributed by atoms with Crippen molar-refractivity contribution in [2.75, 3.05) is 4.90 Å². The Morgan fingerprint density at radius 1 is 0.277 bits per heavy atom. The number of benzene rings is 8. The Morgan fingerprint density at radius 3 is 1.49 bits per heavy atom. The molecule has 0 saturated carbocycles. The van der Waals surface area contributed by atoms with Gasteiger partial charge in [0, 0.05) is 16.9 Å². The lowest BCUT2D eigenvalue weighted by Gasteiger charge is -2.29. The van der Waals surface area contributed by atoms with Crippen LogP contribution in [-0.2, 0) is 0 Å². The molecule has 8 rings (SSSR count). The summed E-state index contributed by atoms with van der Waals surface area (Å²) in [6, 6.07) is 71.8. The first kappa shape index (κ1) is 28.3. The van der Waals surface area contributed by atoms with Crippen LogP contribution in [0.3, 0.4) is 0 Å². The molecular weight excluding hydrogens is 567 g/mol. The number of rotatable bonds is 7. The van der Waals surface area contributed by atoms with Crippen molar-refractivity contribution >= 4 is 27.8 Å². The molecule has 1 heteroatoms. The largest absolute Gasteiger partial charge is 0.310 e. The van der Waals surface area contributed by atoms with Crippen LogP contribution in [0, 0.1) is 0 Å². The molecule has 8 aromatic carbocycles. The van der Waals surface area contributed by atoms with Crippen LogP contribution in [0.25, 0.3) is 55.3 Å². The van der Waals surface area contributed by atoms with E-state index in [2.05, 4.69) is 205 Å². The zero-order chi connectivity index (χ0) is 31.4. The second kappa shape index (κ2) is 12.7. The van der Waals surface area contributed by atoms with Crippen LogP contribution in [-0.4, -0.2) is 0 Å². The van der Waals surface area contributed by atoms with E-state index in [4.69, 9.17) is 0 Å². The standard InChI is InChI=1S/C46H33N/c1-3-15-34(16-4-1)38-22-12-25-41(32-38)47(46-30-10-9-28-45(46)36-17-5-2-6-18-36)42-26-13-23-39(33-42)37-21-11-24-40(31-37)44-29-14-20-35-19-7-8-27-43(35)44/h1-33H. The molecule has 0 aromatic heterocycles. The van der Waals surface area contributed by atoms with E-state index < -0.39 is 0 Å². The minimum absolute atomic E-state index is 1.10. The van der Waals surface area contributed by atoms with Gasteiger partial charge in [-0.1, -0.05) is 164 Å². The normalized spacial score (nSPS) is 11.0. The summed E-state index contributed by atoms with van der Waals surface area (Å²) in [5.41, 5.74) is 12.9. The predicted molar refractivity (Wildman–Crippen MR) is 200 cm³/mol. The van der Waals surface area contributed by atoms with Crippen molar-refractivity contribution in [3.05, 3.63) is 200 Å². The van der Waals surface area contributed by atoms with Gasteiger partial charge in [0.05, 0.1) is 5.69 Å². The van der Waals surface area contributed by atoms with Crippen molar-refractivity contribution in [1.82, 2.24) is 0 Å². The second-order valence-corrected chi connectivity index (χ2v) is 11.8. The monoisotopic (exact) mass is 599 g/mol. The summed E-state index contributed by atoms with van der Waals surface area (Å²) in [5, 5.41) is 2.52. The van der Waals surface area contributed by atoms with Crippen LogP contribution in [0.5, 0.6) is 0 Å². The Bertz CT molecular complexity index is 2300. The van der Waals surface area contributed by atoms with Crippen LogP contribution in [0.4, 0.5) is 17.1 Å². The first-order valence-electron chi connectivity index (χ1n) is 16.1. The summed E-state index contributed by atoms with van der Waals surface area (Å²) in [7, 11) is 0. The van der Waals surface area contributed by atoms with Crippen molar-refractivity contribution in [3.63, 3.8) is 0 Å². The maximum Gasteiger partial charge on any atom is 0.0540 e. The lowest BCUT2D eigenvalue weighted by molar-refractivity contribution is 1.28. The number of fused-ring (bicyclic) bond motifs is 1. The van der Waals surface area contributed by atoms with E-state index in [1.807, 2.05) is 0 Å². The van der Waals surface area contributed by atoms with Crippen LogP contribution < -0.4 is 4.90 Å². The number of hydrogen-bond donors (Lipinski definition) is 0. The minimum atomic E-state index is 1.10. The van der Waals surface area contributed by atoms with Crippen LogP contribution in [0.15, 0.2) is 200 Å². The van der Waals surface area contributed by atoms with E-state index in [-0.39, 0.29) is 0 Å². The topological polar surface area (TPSA) is 3.24 Å². The molecule has 0 bridgehead atoms. The molecule has 0 aliphatic rings. The van der Waals surface area contributed by atoms with Crippen LogP contribution in [0.1, 0.15) is 0 Å². The van der Waals surface area contributed by atoms with Crippen molar-refractivity contribution in [1.29, 1.82) is 0 Å². The number of anilines is 3. The molecule has 0 aliphatic carbocycles. The minimum Gasteiger partial charge on any atom is -0.310 e. The maximum absolute atomic E-state index is 2.40. The van der Waals surface area contributed by atoms with Gasteiger partial charge < -0.3 is 4.90 Å². The van der Waals surface area contributed by atoms with E-state index in [9.17, 15) is 0 Å². The highest BCUT2D eigenvalue weighted by Crippen LogP contribution is 2.43. The average molecular weight is 600 g/mol. The molecule has 8 aromatic rings. The van der Waals surface area contributed by atoms with Crippen molar-refractivity contribution in [2.24, 2.45) is 0 Å². The fraction of sp³-hybridized carbons (Fsp3) is 0. The quantitative estimate of drug-likeness (QED) is 0.176. The summed E-state index contributed by atoms with van der Waals surface area (Å²) in [4.78, 5) is 2.40. The number of hydrogen-bond acceptors (Lipinski definition) is 1. The third-order valence-electron chi connectivity index (χ3n) is 8.84. The Kier molecular flexibility index (Phi) is 7.63. The van der Waals surface area contributed by atoms with E-state index in [0.29, 0.717) is 0 Å². The molecule has 0 aliphatic heterocycles. The predicted octanol–water partition coefficient (Wildman–Crippen LogP) is 13.0. The van der Waals surface area contributed by atoms with E-state index in [1.54, 1.807) is 0 Å². The third-order valence-corrected chi connectivity index (χ3v) is 8.84. The summed E-state index contributed by atoms with van der Waals surface area (Å²) in [6.07, 6.45) is 0. The molecule has 0 amide bonds. The lowest BCUT2D eigenvalue weighted by Crippen LogP contribution is -2.11. The average Bonchev–Trinajstić information content (AvgIpc) is 3.16. The zero-order valence-corrected chi connectivity index (χ0v) is 26.0. The number of para-hydroxylation sites is 1. The molecule has 0 N–H and O–H groups in total. The molecule has 0 spiro atoms. The van der Waals surface area contributed by atoms with Gasteiger partial charge in [-0.25, -0.2) is 0 Å². The third kappa shape index (κ3) is 5.72. The Hall–Kier alpha value is -6.18. The van der Waals surface area contributed by atoms with E-state index in [1.165, 1.54) is 55.3 Å². The molecule has 0 saturated heterocycles. The fourth-order valence-electron chi connectivity index (χ4n) is 6.58. The molecule has 0 heterocycles. The molecule has 1 nitrogen and oxygen atoms in total. The fourth-order valence-corrected chi connectivity index (χ4v) is 6.58. The SMILES string of the molecule is c1ccc(-c2cccc(N(c3cccc(-c4cccc(-c5cccc6ccccc56)c4)c3)c3ccccc3-c3ccccc3)c2)cc1. The van der Waals surface area contributed by atoms with E-state index in [0.717, 1.165) is 17.1 Å². The number of nitrogens with zero attached hydrogens (tertiary/aromatic N) is 1. The lowest BCUT2D eigenvalue weighted by atomic mass is 9.95. The molecule has 222 valence electrons. The molecule has 0 atom stereocenters. The van der Waals surface area contributed by atoms with Gasteiger partial charge in [0.25, 0.3) is 0 Å². The van der Waals surface area contributed by atoms with Crippen molar-refractivity contribution in [2.45, 2.75) is 0 Å². The van der Waals surface area contributed by atoms with Gasteiger partial charge in [-0.05, 0) is 86.1 Å². The first-order valence-corrected chi connectivity index (χ1v) is 16.1. The van der Waals surface area contributed by atoms with Gasteiger partial charge in [0.15, 0.2) is 0 Å². The van der Waals surface area contributed by atoms with Crippen LogP contribution >= 0.6 is 0 Å². The highest BCUT2D eigenvalue weighted by atomic mass is 15.1. The summed E-state index contributed by atoms with van der Waals surface area (Å²) in [5.74, 6) is 0. The molecule has 0 radical (unpaired) electrons. The van der Waals surface area contributed by atoms with Gasteiger partial charge in [-0.3, -0.25) is 0 Å². The van der Waals surface area contributed by atoms with Gasteiger partial charge in [0.1, 0.15) is 0 Å². The zero-order valence-electron chi connectivity index (χ0n) is 26.0. The smallest absolute Gasteiger partial charge is 0.0540 e. The summed E-state index contributed by atoms with van der Waals surface area (Å²) < 4.78 is 0. The highest BCUT2D eigenvalue weighted by molar-refractivity contribution is 5.97. The van der Waals surface area contributed by atoms with Gasteiger partial charge in [-0.2, -0.15) is 0 Å². The molecule has 0 fully saturated rings. The first-order chi connectivity index (χ1) is 23.3. The summed E-state index contributed by atoms with van der Waals surface area (Å²) in [6.45, 7) is 0. The Morgan fingerprint density at radius 2 is 0.745 bits per heavy atom. The Labute approximate surface area is 276 Å². The van der Waals surface area contributed by atoms with Crippen molar-refractivity contribution < 1.29 is 0 Å². The molecule has 0 unspecified atom stereocenters. The Balaban J connectivity index is 1.28. The second-order valence-electron chi connectivity index (χ2n) is 11.8. The highest BCUT2D eigenvalue weighted by Gasteiger charge is 2.18. The van der Waals surface area contributed by atoms with Gasteiger partial charge >= 0.3 is 0 Å². The molecular formula is C46H33N. The summed E-state index contributed by atoms with van der Waals surface area (Å²) >= 11 is 0. The van der Waals surface area contributed by atoms with Crippen LogP contribution in [0.2, 0.25) is 0 Å². The van der Waals surface area contributed by atoms with Crippen molar-refractivity contribution in [3.8, 4) is 44.5 Å².